The fraction of sp³-hybridized carbons (Fsp3) is 0.400. The van der Waals surface area contributed by atoms with Crippen LogP contribution in [0.2, 0.25) is 0 Å². The van der Waals surface area contributed by atoms with E-state index in [1.165, 1.54) is 17.5 Å². The molecule has 2 aromatic rings. The molecule has 94 valence electrons. The third-order valence-electron chi connectivity index (χ3n) is 4.14. The smallest absolute Gasteiger partial charge is 0.114 e. The quantitative estimate of drug-likeness (QED) is 0.868. The maximum absolute atomic E-state index is 5.91. The second-order valence-corrected chi connectivity index (χ2v) is 5.35. The van der Waals surface area contributed by atoms with Crippen LogP contribution in [0.5, 0.6) is 0 Å². The molecule has 3 rings (SSSR count). The molecule has 0 unspecified atom stereocenters. The third-order valence-corrected chi connectivity index (χ3v) is 4.14. The fourth-order valence-corrected chi connectivity index (χ4v) is 2.61. The summed E-state index contributed by atoms with van der Waals surface area (Å²) >= 11 is 0. The average molecular weight is 241 g/mol. The number of aromatic nitrogens is 2. The van der Waals surface area contributed by atoms with Crippen LogP contribution in [-0.4, -0.2) is 16.5 Å². The maximum atomic E-state index is 5.91. The number of benzene rings is 1. The van der Waals surface area contributed by atoms with Crippen molar-refractivity contribution in [3.63, 3.8) is 0 Å². The standard InChI is InChI=1S/C15H19N3/c1-11-3-5-12(6-4-11)13-9-17-14(18-13)15(10-16)7-2-8-15/h3-6,9H,2,7-8,10,16H2,1H3,(H,17,18). The number of aromatic amines is 1. The summed E-state index contributed by atoms with van der Waals surface area (Å²) in [6.45, 7) is 2.79. The van der Waals surface area contributed by atoms with E-state index in [0.717, 1.165) is 24.4 Å². The lowest BCUT2D eigenvalue weighted by Crippen LogP contribution is -2.42. The number of hydrogen-bond donors (Lipinski definition) is 2. The van der Waals surface area contributed by atoms with Gasteiger partial charge in [0.25, 0.3) is 0 Å². The number of rotatable bonds is 3. The highest BCUT2D eigenvalue weighted by Crippen LogP contribution is 2.41. The Morgan fingerprint density at radius 2 is 2.00 bits per heavy atom. The summed E-state index contributed by atoms with van der Waals surface area (Å²) in [5.41, 5.74) is 9.57. The Balaban J connectivity index is 1.91. The Morgan fingerprint density at radius 3 is 2.56 bits per heavy atom. The summed E-state index contributed by atoms with van der Waals surface area (Å²) < 4.78 is 0. The Morgan fingerprint density at radius 1 is 1.28 bits per heavy atom. The van der Waals surface area contributed by atoms with Crippen molar-refractivity contribution in [3.8, 4) is 11.3 Å². The van der Waals surface area contributed by atoms with E-state index in [4.69, 9.17) is 5.73 Å². The van der Waals surface area contributed by atoms with Crippen LogP contribution in [0, 0.1) is 6.92 Å². The lowest BCUT2D eigenvalue weighted by Gasteiger charge is -2.39. The fourth-order valence-electron chi connectivity index (χ4n) is 2.61. The summed E-state index contributed by atoms with van der Waals surface area (Å²) in [6.07, 6.45) is 5.50. The molecule has 18 heavy (non-hydrogen) atoms. The predicted octanol–water partition coefficient (Wildman–Crippen LogP) is 2.77. The van der Waals surface area contributed by atoms with Gasteiger partial charge in [0.15, 0.2) is 0 Å². The SMILES string of the molecule is Cc1ccc(-c2cnc(C3(CN)CCC3)[nH]2)cc1. The van der Waals surface area contributed by atoms with Gasteiger partial charge in [-0.05, 0) is 25.3 Å². The Bertz CT molecular complexity index is 530. The molecule has 0 amide bonds. The van der Waals surface area contributed by atoms with Gasteiger partial charge in [-0.3, -0.25) is 0 Å². The van der Waals surface area contributed by atoms with E-state index < -0.39 is 0 Å². The van der Waals surface area contributed by atoms with Crippen molar-refractivity contribution >= 4 is 0 Å². The molecule has 0 spiro atoms. The van der Waals surface area contributed by atoms with Crippen LogP contribution in [0.1, 0.15) is 30.7 Å². The second-order valence-electron chi connectivity index (χ2n) is 5.35. The highest BCUT2D eigenvalue weighted by molar-refractivity contribution is 5.59. The van der Waals surface area contributed by atoms with Gasteiger partial charge in [-0.1, -0.05) is 36.2 Å². The molecule has 1 aliphatic rings. The van der Waals surface area contributed by atoms with Crippen molar-refractivity contribution in [3.05, 3.63) is 41.9 Å². The van der Waals surface area contributed by atoms with Crippen LogP contribution in [0.25, 0.3) is 11.3 Å². The zero-order valence-electron chi connectivity index (χ0n) is 10.7. The first kappa shape index (κ1) is 11.5. The van der Waals surface area contributed by atoms with E-state index in [-0.39, 0.29) is 5.41 Å². The van der Waals surface area contributed by atoms with Gasteiger partial charge in [-0.25, -0.2) is 4.98 Å². The van der Waals surface area contributed by atoms with Gasteiger partial charge in [-0.2, -0.15) is 0 Å². The van der Waals surface area contributed by atoms with E-state index >= 15 is 0 Å². The van der Waals surface area contributed by atoms with Gasteiger partial charge in [-0.15, -0.1) is 0 Å². The van der Waals surface area contributed by atoms with E-state index in [0.29, 0.717) is 6.54 Å². The number of hydrogen-bond acceptors (Lipinski definition) is 2. The second kappa shape index (κ2) is 4.25. The molecule has 0 atom stereocenters. The van der Waals surface area contributed by atoms with E-state index in [2.05, 4.69) is 41.2 Å². The molecule has 0 saturated heterocycles. The molecular weight excluding hydrogens is 222 g/mol. The van der Waals surface area contributed by atoms with Gasteiger partial charge in [0.05, 0.1) is 11.9 Å². The molecule has 1 saturated carbocycles. The van der Waals surface area contributed by atoms with Crippen molar-refractivity contribution < 1.29 is 0 Å². The third kappa shape index (κ3) is 1.75. The van der Waals surface area contributed by atoms with Crippen LogP contribution in [-0.2, 0) is 5.41 Å². The highest BCUT2D eigenvalue weighted by Gasteiger charge is 2.39. The summed E-state index contributed by atoms with van der Waals surface area (Å²) in [5.74, 6) is 1.06. The summed E-state index contributed by atoms with van der Waals surface area (Å²) in [4.78, 5) is 8.00. The molecule has 1 aromatic heterocycles. The van der Waals surface area contributed by atoms with Crippen molar-refractivity contribution in [2.45, 2.75) is 31.6 Å². The predicted molar refractivity (Wildman–Crippen MR) is 73.3 cm³/mol. The van der Waals surface area contributed by atoms with Gasteiger partial charge in [0.2, 0.25) is 0 Å². The number of imidazole rings is 1. The van der Waals surface area contributed by atoms with Gasteiger partial charge >= 0.3 is 0 Å². The number of nitrogens with two attached hydrogens (primary N) is 1. The van der Waals surface area contributed by atoms with Crippen LogP contribution in [0.4, 0.5) is 0 Å². The van der Waals surface area contributed by atoms with Crippen molar-refractivity contribution in [1.29, 1.82) is 0 Å². The molecule has 0 radical (unpaired) electrons. The van der Waals surface area contributed by atoms with Gasteiger partial charge < -0.3 is 10.7 Å². The zero-order chi connectivity index (χ0) is 12.6. The molecule has 0 bridgehead atoms. The molecule has 3 heteroatoms. The van der Waals surface area contributed by atoms with E-state index in [1.807, 2.05) is 6.20 Å². The number of aryl methyl sites for hydroxylation is 1. The Kier molecular flexibility index (Phi) is 2.71. The molecule has 3 N–H and O–H groups in total. The first-order valence-corrected chi connectivity index (χ1v) is 6.56. The first-order chi connectivity index (χ1) is 8.73. The number of H-pyrrole nitrogens is 1. The van der Waals surface area contributed by atoms with Crippen LogP contribution >= 0.6 is 0 Å². The Hall–Kier alpha value is -1.61. The van der Waals surface area contributed by atoms with E-state index in [1.54, 1.807) is 0 Å². The van der Waals surface area contributed by atoms with E-state index in [9.17, 15) is 0 Å². The minimum absolute atomic E-state index is 0.114. The first-order valence-electron chi connectivity index (χ1n) is 6.56. The number of nitrogens with zero attached hydrogens (tertiary/aromatic N) is 1. The molecule has 1 aromatic carbocycles. The van der Waals surface area contributed by atoms with Crippen molar-refractivity contribution in [2.24, 2.45) is 5.73 Å². The van der Waals surface area contributed by atoms with Crippen LogP contribution in [0.15, 0.2) is 30.5 Å². The largest absolute Gasteiger partial charge is 0.342 e. The van der Waals surface area contributed by atoms with Crippen molar-refractivity contribution in [2.75, 3.05) is 6.54 Å². The normalized spacial score (nSPS) is 17.4. The van der Waals surface area contributed by atoms with Crippen LogP contribution in [0.3, 0.4) is 0 Å². The monoisotopic (exact) mass is 241 g/mol. The van der Waals surface area contributed by atoms with Crippen LogP contribution < -0.4 is 5.73 Å². The lowest BCUT2D eigenvalue weighted by molar-refractivity contribution is 0.240. The molecular formula is C15H19N3. The molecule has 1 heterocycles. The zero-order valence-corrected chi connectivity index (χ0v) is 10.7. The summed E-state index contributed by atoms with van der Waals surface area (Å²) in [6, 6.07) is 8.50. The lowest BCUT2D eigenvalue weighted by atomic mass is 9.68. The minimum atomic E-state index is 0.114. The number of nitrogens with one attached hydrogen (secondary N) is 1. The molecule has 1 aliphatic carbocycles. The van der Waals surface area contributed by atoms with Gasteiger partial charge in [0.1, 0.15) is 5.82 Å². The maximum Gasteiger partial charge on any atom is 0.114 e. The highest BCUT2D eigenvalue weighted by atomic mass is 15.0. The molecule has 1 fully saturated rings. The average Bonchev–Trinajstić information content (AvgIpc) is 2.79. The summed E-state index contributed by atoms with van der Waals surface area (Å²) in [7, 11) is 0. The molecule has 0 aliphatic heterocycles. The minimum Gasteiger partial charge on any atom is -0.342 e. The summed E-state index contributed by atoms with van der Waals surface area (Å²) in [5, 5.41) is 0. The van der Waals surface area contributed by atoms with Gasteiger partial charge in [0, 0.05) is 12.0 Å². The molecule has 3 nitrogen and oxygen atoms in total. The Labute approximate surface area is 107 Å². The topological polar surface area (TPSA) is 54.7 Å². The van der Waals surface area contributed by atoms with Crippen molar-refractivity contribution in [1.82, 2.24) is 9.97 Å².